The van der Waals surface area contributed by atoms with Crippen molar-refractivity contribution in [2.45, 2.75) is 20.0 Å². The Morgan fingerprint density at radius 2 is 1.38 bits per heavy atom. The number of rotatable bonds is 3. The van der Waals surface area contributed by atoms with E-state index in [1.807, 2.05) is 74.5 Å². The van der Waals surface area contributed by atoms with Crippen LogP contribution in [0.1, 0.15) is 36.6 Å². The molecule has 0 aliphatic carbocycles. The summed E-state index contributed by atoms with van der Waals surface area (Å²) in [5, 5.41) is 10.4. The van der Waals surface area contributed by atoms with E-state index in [0.717, 1.165) is 22.3 Å². The highest BCUT2D eigenvalue weighted by molar-refractivity contribution is 5.64. The summed E-state index contributed by atoms with van der Waals surface area (Å²) < 4.78 is 0. The lowest BCUT2D eigenvalue weighted by Gasteiger charge is -2.09. The lowest BCUT2D eigenvalue weighted by atomic mass is 10.0. The molecule has 128 valence electrons. The molecule has 0 bridgehead atoms. The van der Waals surface area contributed by atoms with Gasteiger partial charge in [0.25, 0.3) is 0 Å². The van der Waals surface area contributed by atoms with Crippen LogP contribution >= 0.6 is 0 Å². The van der Waals surface area contributed by atoms with Crippen LogP contribution < -0.4 is 0 Å². The average Bonchev–Trinajstić information content (AvgIpc) is 2.67. The topological polar surface area (TPSA) is 20.2 Å². The first-order valence-electron chi connectivity index (χ1n) is 8.73. The van der Waals surface area contributed by atoms with Crippen LogP contribution in [0.4, 0.5) is 0 Å². The Labute approximate surface area is 155 Å². The van der Waals surface area contributed by atoms with E-state index in [4.69, 9.17) is 0 Å². The lowest BCUT2D eigenvalue weighted by molar-refractivity contribution is 0.227. The van der Waals surface area contributed by atoms with Crippen molar-refractivity contribution in [3.05, 3.63) is 107 Å². The minimum absolute atomic E-state index is 0.633. The van der Waals surface area contributed by atoms with Crippen LogP contribution in [0.25, 0.3) is 11.1 Å². The van der Waals surface area contributed by atoms with Crippen molar-refractivity contribution >= 4 is 0 Å². The van der Waals surface area contributed by atoms with Gasteiger partial charge in [0.2, 0.25) is 0 Å². The SMILES string of the molecule is CC(C)=CC(O)c1ccccc1C#Cc1ccc(-c2ccccc2)cc1. The molecule has 1 unspecified atom stereocenters. The van der Waals surface area contributed by atoms with Crippen molar-refractivity contribution in [2.75, 3.05) is 0 Å². The smallest absolute Gasteiger partial charge is 0.0986 e. The van der Waals surface area contributed by atoms with Crippen molar-refractivity contribution in [3.8, 4) is 23.0 Å². The predicted molar refractivity (Wildman–Crippen MR) is 109 cm³/mol. The Morgan fingerprint density at radius 1 is 0.769 bits per heavy atom. The summed E-state index contributed by atoms with van der Waals surface area (Å²) in [7, 11) is 0. The molecule has 3 aromatic carbocycles. The van der Waals surface area contributed by atoms with Crippen molar-refractivity contribution < 1.29 is 5.11 Å². The van der Waals surface area contributed by atoms with E-state index in [2.05, 4.69) is 36.1 Å². The van der Waals surface area contributed by atoms with Crippen molar-refractivity contribution in [1.82, 2.24) is 0 Å². The van der Waals surface area contributed by atoms with Crippen molar-refractivity contribution in [2.24, 2.45) is 0 Å². The quantitative estimate of drug-likeness (QED) is 0.476. The highest BCUT2D eigenvalue weighted by Crippen LogP contribution is 2.21. The summed E-state index contributed by atoms with van der Waals surface area (Å²) in [6, 6.07) is 26.3. The zero-order valence-electron chi connectivity index (χ0n) is 15.1. The molecule has 0 fully saturated rings. The van der Waals surface area contributed by atoms with Crippen LogP contribution in [0.5, 0.6) is 0 Å². The lowest BCUT2D eigenvalue weighted by Crippen LogP contribution is -1.97. The molecule has 26 heavy (non-hydrogen) atoms. The fourth-order valence-electron chi connectivity index (χ4n) is 2.79. The van der Waals surface area contributed by atoms with E-state index < -0.39 is 6.10 Å². The molecule has 0 radical (unpaired) electrons. The molecule has 1 heteroatoms. The number of allylic oxidation sites excluding steroid dienone is 1. The third-order valence-corrected chi connectivity index (χ3v) is 4.10. The second kappa shape index (κ2) is 8.34. The normalized spacial score (nSPS) is 11.2. The van der Waals surface area contributed by atoms with Gasteiger partial charge in [-0.2, -0.15) is 0 Å². The summed E-state index contributed by atoms with van der Waals surface area (Å²) in [6.07, 6.45) is 1.21. The molecule has 0 heterocycles. The Morgan fingerprint density at radius 3 is 2.08 bits per heavy atom. The van der Waals surface area contributed by atoms with Gasteiger partial charge in [0, 0.05) is 11.1 Å². The molecule has 3 aromatic rings. The number of aliphatic hydroxyl groups excluding tert-OH is 1. The molecule has 0 aliphatic heterocycles. The first-order valence-corrected chi connectivity index (χ1v) is 8.73. The fraction of sp³-hybridized carbons (Fsp3) is 0.120. The Hall–Kier alpha value is -3.08. The second-order valence-corrected chi connectivity index (χ2v) is 6.47. The van der Waals surface area contributed by atoms with Crippen molar-refractivity contribution in [1.29, 1.82) is 0 Å². The number of hydrogen-bond donors (Lipinski definition) is 1. The van der Waals surface area contributed by atoms with E-state index in [1.165, 1.54) is 11.1 Å². The zero-order valence-corrected chi connectivity index (χ0v) is 15.1. The summed E-state index contributed by atoms with van der Waals surface area (Å²) in [4.78, 5) is 0. The molecule has 0 saturated carbocycles. The highest BCUT2D eigenvalue weighted by Gasteiger charge is 2.07. The maximum absolute atomic E-state index is 10.4. The van der Waals surface area contributed by atoms with Crippen LogP contribution in [0.2, 0.25) is 0 Å². The van der Waals surface area contributed by atoms with Gasteiger partial charge < -0.3 is 5.11 Å². The monoisotopic (exact) mass is 338 g/mol. The van der Waals surface area contributed by atoms with Gasteiger partial charge in [-0.25, -0.2) is 0 Å². The largest absolute Gasteiger partial charge is 0.384 e. The molecule has 0 aliphatic rings. The van der Waals surface area contributed by atoms with Crippen LogP contribution in [0, 0.1) is 11.8 Å². The molecule has 0 spiro atoms. The molecular formula is C25H22O. The zero-order chi connectivity index (χ0) is 18.4. The minimum atomic E-state index is -0.633. The maximum Gasteiger partial charge on any atom is 0.0986 e. The van der Waals surface area contributed by atoms with Gasteiger partial charge in [-0.05, 0) is 48.7 Å². The summed E-state index contributed by atoms with van der Waals surface area (Å²) in [5.74, 6) is 6.41. The fourth-order valence-corrected chi connectivity index (χ4v) is 2.79. The van der Waals surface area contributed by atoms with Crippen LogP contribution in [-0.4, -0.2) is 5.11 Å². The van der Waals surface area contributed by atoms with Gasteiger partial charge in [0.05, 0.1) is 6.10 Å². The van der Waals surface area contributed by atoms with E-state index in [9.17, 15) is 5.11 Å². The number of aliphatic hydroxyl groups is 1. The molecule has 3 rings (SSSR count). The van der Waals surface area contributed by atoms with Gasteiger partial charge in [0.15, 0.2) is 0 Å². The second-order valence-electron chi connectivity index (χ2n) is 6.47. The van der Waals surface area contributed by atoms with E-state index in [-0.39, 0.29) is 0 Å². The molecule has 1 nitrogen and oxygen atoms in total. The van der Waals surface area contributed by atoms with Crippen LogP contribution in [-0.2, 0) is 0 Å². The Bertz CT molecular complexity index is 950. The number of benzene rings is 3. The molecule has 0 saturated heterocycles. The van der Waals surface area contributed by atoms with Gasteiger partial charge >= 0.3 is 0 Å². The Balaban J connectivity index is 1.85. The molecule has 0 amide bonds. The predicted octanol–water partition coefficient (Wildman–Crippen LogP) is 5.75. The summed E-state index contributed by atoms with van der Waals surface area (Å²) in [5.41, 5.74) is 6.09. The van der Waals surface area contributed by atoms with Crippen LogP contribution in [0.15, 0.2) is 90.5 Å². The number of hydrogen-bond acceptors (Lipinski definition) is 1. The van der Waals surface area contributed by atoms with E-state index in [1.54, 1.807) is 0 Å². The van der Waals surface area contributed by atoms with Gasteiger partial charge in [-0.15, -0.1) is 0 Å². The molecule has 0 aromatic heterocycles. The average molecular weight is 338 g/mol. The molecular weight excluding hydrogens is 316 g/mol. The first-order chi connectivity index (χ1) is 12.6. The Kier molecular flexibility index (Phi) is 5.69. The van der Waals surface area contributed by atoms with Crippen LogP contribution in [0.3, 0.4) is 0 Å². The maximum atomic E-state index is 10.4. The first kappa shape index (κ1) is 17.7. The standard InChI is InChI=1S/C25H22O/c1-19(2)18-25(26)24-11-7-6-10-23(24)17-14-20-12-15-22(16-13-20)21-8-4-3-5-9-21/h3-13,15-16,18,25-26H,1-2H3. The highest BCUT2D eigenvalue weighted by atomic mass is 16.3. The summed E-state index contributed by atoms with van der Waals surface area (Å²) in [6.45, 7) is 3.96. The van der Waals surface area contributed by atoms with Crippen molar-refractivity contribution in [3.63, 3.8) is 0 Å². The third kappa shape index (κ3) is 4.51. The van der Waals surface area contributed by atoms with Gasteiger partial charge in [-0.1, -0.05) is 84.2 Å². The van der Waals surface area contributed by atoms with E-state index in [0.29, 0.717) is 0 Å². The minimum Gasteiger partial charge on any atom is -0.384 e. The molecule has 1 N–H and O–H groups in total. The third-order valence-electron chi connectivity index (χ3n) is 4.10. The van der Waals surface area contributed by atoms with Gasteiger partial charge in [-0.3, -0.25) is 0 Å². The van der Waals surface area contributed by atoms with E-state index >= 15 is 0 Å². The molecule has 1 atom stereocenters. The summed E-state index contributed by atoms with van der Waals surface area (Å²) >= 11 is 0. The van der Waals surface area contributed by atoms with Gasteiger partial charge in [0.1, 0.15) is 0 Å².